The van der Waals surface area contributed by atoms with E-state index in [0.717, 1.165) is 24.3 Å². The van der Waals surface area contributed by atoms with Crippen LogP contribution in [0, 0.1) is 23.2 Å². The van der Waals surface area contributed by atoms with Gasteiger partial charge in [-0.05, 0) is 50.4 Å². The van der Waals surface area contributed by atoms with E-state index in [0.29, 0.717) is 12.1 Å². The Bertz CT molecular complexity index is 406. The summed E-state index contributed by atoms with van der Waals surface area (Å²) in [7, 11) is 0. The molecule has 3 heteroatoms. The molecule has 1 aliphatic heterocycles. The first-order valence-corrected chi connectivity index (χ1v) is 9.38. The molecule has 1 amide bonds. The van der Waals surface area contributed by atoms with Crippen LogP contribution in [0.3, 0.4) is 0 Å². The molecule has 0 bridgehead atoms. The molecule has 2 aliphatic carbocycles. The molecule has 3 nitrogen and oxygen atoms in total. The van der Waals surface area contributed by atoms with Gasteiger partial charge in [0, 0.05) is 30.6 Å². The van der Waals surface area contributed by atoms with Gasteiger partial charge < -0.3 is 5.32 Å². The fourth-order valence-corrected chi connectivity index (χ4v) is 3.95. The number of hydrogen-bond acceptors (Lipinski definition) is 2. The molecule has 22 heavy (non-hydrogen) atoms. The van der Waals surface area contributed by atoms with Gasteiger partial charge in [0.2, 0.25) is 5.91 Å². The summed E-state index contributed by atoms with van der Waals surface area (Å²) in [6.45, 7) is 10.8. The summed E-state index contributed by atoms with van der Waals surface area (Å²) in [6.07, 6.45) is 8.26. The van der Waals surface area contributed by atoms with Crippen molar-refractivity contribution < 1.29 is 4.79 Å². The summed E-state index contributed by atoms with van der Waals surface area (Å²) in [6, 6.07) is 1.06. The number of nitrogens with one attached hydrogen (secondary N) is 1. The minimum atomic E-state index is -0.281. The lowest BCUT2D eigenvalue weighted by Crippen LogP contribution is -2.55. The average molecular weight is 306 g/mol. The van der Waals surface area contributed by atoms with Crippen molar-refractivity contribution in [2.45, 2.75) is 78.3 Å². The van der Waals surface area contributed by atoms with Crippen LogP contribution >= 0.6 is 0 Å². The van der Waals surface area contributed by atoms with Gasteiger partial charge in [-0.2, -0.15) is 0 Å². The average Bonchev–Trinajstić information content (AvgIpc) is 3.30. The lowest BCUT2D eigenvalue weighted by Gasteiger charge is -2.42. The molecule has 0 spiro atoms. The Morgan fingerprint density at radius 1 is 1.14 bits per heavy atom. The Morgan fingerprint density at radius 2 is 1.82 bits per heavy atom. The fourth-order valence-electron chi connectivity index (χ4n) is 3.95. The lowest BCUT2D eigenvalue weighted by atomic mass is 9.87. The summed E-state index contributed by atoms with van der Waals surface area (Å²) in [5.41, 5.74) is -0.281. The number of carbonyl (C=O) groups is 1. The highest BCUT2D eigenvalue weighted by atomic mass is 16.2. The van der Waals surface area contributed by atoms with Crippen molar-refractivity contribution in [2.75, 3.05) is 13.1 Å². The zero-order valence-electron chi connectivity index (χ0n) is 14.9. The van der Waals surface area contributed by atoms with Crippen LogP contribution in [-0.2, 0) is 4.79 Å². The van der Waals surface area contributed by atoms with E-state index >= 15 is 0 Å². The van der Waals surface area contributed by atoms with Gasteiger partial charge in [0.25, 0.3) is 0 Å². The Labute approximate surface area is 136 Å². The van der Waals surface area contributed by atoms with Crippen LogP contribution in [0.1, 0.15) is 66.2 Å². The smallest absolute Gasteiger partial charge is 0.225 e. The van der Waals surface area contributed by atoms with Gasteiger partial charge in [0.1, 0.15) is 0 Å². The largest absolute Gasteiger partial charge is 0.352 e. The third-order valence-electron chi connectivity index (χ3n) is 5.83. The van der Waals surface area contributed by atoms with Crippen LogP contribution in [-0.4, -0.2) is 36.0 Å². The summed E-state index contributed by atoms with van der Waals surface area (Å²) in [5, 5.41) is 3.35. The van der Waals surface area contributed by atoms with Crippen molar-refractivity contribution in [3.8, 4) is 0 Å². The highest BCUT2D eigenvalue weighted by Gasteiger charge is 2.39. The maximum Gasteiger partial charge on any atom is 0.225 e. The number of piperidine rings is 1. The number of likely N-dealkylation sites (tertiary alicyclic amines) is 1. The Hall–Kier alpha value is -0.570. The van der Waals surface area contributed by atoms with E-state index < -0.39 is 0 Å². The highest BCUT2D eigenvalue weighted by Crippen LogP contribution is 2.40. The molecule has 3 unspecified atom stereocenters. The molecule has 3 rings (SSSR count). The first kappa shape index (κ1) is 16.3. The second-order valence-corrected chi connectivity index (χ2v) is 9.23. The molecule has 3 atom stereocenters. The Balaban J connectivity index is 1.61. The van der Waals surface area contributed by atoms with Gasteiger partial charge in [-0.1, -0.05) is 33.6 Å². The lowest BCUT2D eigenvalue weighted by molar-refractivity contribution is -0.129. The molecule has 3 aliphatic rings. The summed E-state index contributed by atoms with van der Waals surface area (Å²) >= 11 is 0. The van der Waals surface area contributed by atoms with E-state index in [1.54, 1.807) is 0 Å². The predicted octanol–water partition coefficient (Wildman–Crippen LogP) is 3.44. The van der Waals surface area contributed by atoms with E-state index in [1.807, 2.05) is 20.8 Å². The van der Waals surface area contributed by atoms with E-state index in [-0.39, 0.29) is 11.3 Å². The second kappa shape index (κ2) is 6.14. The minimum absolute atomic E-state index is 0.212. The molecular weight excluding hydrogens is 272 g/mol. The van der Waals surface area contributed by atoms with Gasteiger partial charge in [-0.25, -0.2) is 0 Å². The van der Waals surface area contributed by atoms with Crippen molar-refractivity contribution in [2.24, 2.45) is 23.2 Å². The number of hydrogen-bond donors (Lipinski definition) is 1. The van der Waals surface area contributed by atoms with Crippen molar-refractivity contribution >= 4 is 5.91 Å². The third kappa shape index (κ3) is 4.24. The third-order valence-corrected chi connectivity index (χ3v) is 5.83. The molecule has 126 valence electrons. The molecule has 1 saturated heterocycles. The van der Waals surface area contributed by atoms with Gasteiger partial charge in [-0.15, -0.1) is 0 Å². The van der Waals surface area contributed by atoms with Crippen molar-refractivity contribution in [1.29, 1.82) is 0 Å². The van der Waals surface area contributed by atoms with Crippen LogP contribution in [0.2, 0.25) is 0 Å². The summed E-state index contributed by atoms with van der Waals surface area (Å²) < 4.78 is 0. The van der Waals surface area contributed by atoms with Crippen LogP contribution in [0.4, 0.5) is 0 Å². The zero-order chi connectivity index (χ0) is 15.9. The van der Waals surface area contributed by atoms with Crippen molar-refractivity contribution in [3.63, 3.8) is 0 Å². The molecule has 0 aromatic rings. The van der Waals surface area contributed by atoms with Gasteiger partial charge in [-0.3, -0.25) is 9.69 Å². The standard InChI is InChI=1S/C19H34N2O/c1-13(16-7-8-16)21-11-15(9-14-5-6-14)10-17(12-21)20-18(22)19(2,3)4/h13-17H,5-12H2,1-4H3,(H,20,22). The van der Waals surface area contributed by atoms with Crippen molar-refractivity contribution in [1.82, 2.24) is 10.2 Å². The molecule has 2 saturated carbocycles. The number of amides is 1. The maximum atomic E-state index is 12.4. The van der Waals surface area contributed by atoms with Crippen molar-refractivity contribution in [3.05, 3.63) is 0 Å². The highest BCUT2D eigenvalue weighted by molar-refractivity contribution is 5.81. The van der Waals surface area contributed by atoms with E-state index in [4.69, 9.17) is 0 Å². The number of nitrogens with zero attached hydrogens (tertiary/aromatic N) is 1. The molecule has 0 radical (unpaired) electrons. The van der Waals surface area contributed by atoms with Crippen LogP contribution in [0.5, 0.6) is 0 Å². The van der Waals surface area contributed by atoms with Crippen LogP contribution in [0.25, 0.3) is 0 Å². The first-order valence-electron chi connectivity index (χ1n) is 9.38. The quantitative estimate of drug-likeness (QED) is 0.844. The van der Waals surface area contributed by atoms with Gasteiger partial charge >= 0.3 is 0 Å². The Kier molecular flexibility index (Phi) is 4.55. The summed E-state index contributed by atoms with van der Waals surface area (Å²) in [4.78, 5) is 15.0. The topological polar surface area (TPSA) is 32.3 Å². The molecule has 0 aromatic carbocycles. The van der Waals surface area contributed by atoms with Gasteiger partial charge in [0.05, 0.1) is 0 Å². The van der Waals surface area contributed by atoms with E-state index in [1.165, 1.54) is 45.1 Å². The Morgan fingerprint density at radius 3 is 2.36 bits per heavy atom. The van der Waals surface area contributed by atoms with Gasteiger partial charge in [0.15, 0.2) is 0 Å². The summed E-state index contributed by atoms with van der Waals surface area (Å²) in [5.74, 6) is 2.90. The predicted molar refractivity (Wildman–Crippen MR) is 90.6 cm³/mol. The minimum Gasteiger partial charge on any atom is -0.352 e. The maximum absolute atomic E-state index is 12.4. The molecule has 1 heterocycles. The second-order valence-electron chi connectivity index (χ2n) is 9.23. The first-order chi connectivity index (χ1) is 10.3. The SMILES string of the molecule is CC(C1CC1)N1CC(CC2CC2)CC(NC(=O)C(C)(C)C)C1. The molecule has 0 aromatic heterocycles. The molecular formula is C19H34N2O. The zero-order valence-corrected chi connectivity index (χ0v) is 14.9. The number of rotatable bonds is 5. The normalized spacial score (nSPS) is 31.8. The molecule has 1 N–H and O–H groups in total. The fraction of sp³-hybridized carbons (Fsp3) is 0.947. The molecule has 3 fully saturated rings. The monoisotopic (exact) mass is 306 g/mol. The van der Waals surface area contributed by atoms with E-state index in [2.05, 4.69) is 17.1 Å². The van der Waals surface area contributed by atoms with Crippen LogP contribution < -0.4 is 5.32 Å². The van der Waals surface area contributed by atoms with Crippen LogP contribution in [0.15, 0.2) is 0 Å². The number of carbonyl (C=O) groups excluding carboxylic acids is 1. The van der Waals surface area contributed by atoms with E-state index in [9.17, 15) is 4.79 Å².